The van der Waals surface area contributed by atoms with Crippen LogP contribution >= 0.6 is 0 Å². The highest BCUT2D eigenvalue weighted by Gasteiger charge is 2.05. The molecule has 0 aliphatic rings. The maximum atomic E-state index is 4.31. The Morgan fingerprint density at radius 2 is 1.74 bits per heavy atom. The highest BCUT2D eigenvalue weighted by Crippen LogP contribution is 2.18. The molecule has 2 aromatic heterocycles. The highest BCUT2D eigenvalue weighted by molar-refractivity contribution is 5.88. The summed E-state index contributed by atoms with van der Waals surface area (Å²) in [4.78, 5) is 8.57. The van der Waals surface area contributed by atoms with E-state index in [1.807, 2.05) is 60.8 Å². The number of aromatic nitrogens is 5. The average molecular weight is 302 g/mol. The van der Waals surface area contributed by atoms with Crippen molar-refractivity contribution in [2.75, 3.05) is 5.32 Å². The van der Waals surface area contributed by atoms with Crippen molar-refractivity contribution in [3.8, 4) is 5.69 Å². The lowest BCUT2D eigenvalue weighted by Gasteiger charge is -2.06. The van der Waals surface area contributed by atoms with Gasteiger partial charge in [0.1, 0.15) is 17.8 Å². The number of anilines is 1. The third-order valence-corrected chi connectivity index (χ3v) is 3.54. The van der Waals surface area contributed by atoms with Gasteiger partial charge in [-0.25, -0.2) is 14.6 Å². The monoisotopic (exact) mass is 302 g/mol. The smallest absolute Gasteiger partial charge is 0.137 e. The van der Waals surface area contributed by atoms with E-state index in [0.29, 0.717) is 6.54 Å². The molecule has 2 heterocycles. The summed E-state index contributed by atoms with van der Waals surface area (Å²) in [5.74, 6) is 0.796. The van der Waals surface area contributed by atoms with Crippen LogP contribution in [0.4, 0.5) is 5.82 Å². The van der Waals surface area contributed by atoms with E-state index in [-0.39, 0.29) is 0 Å². The van der Waals surface area contributed by atoms with E-state index < -0.39 is 0 Å². The number of hydrogen-bond acceptors (Lipinski definition) is 5. The fourth-order valence-corrected chi connectivity index (χ4v) is 2.41. The van der Waals surface area contributed by atoms with Gasteiger partial charge in [0.05, 0.1) is 23.9 Å². The maximum absolute atomic E-state index is 4.31. The Morgan fingerprint density at radius 1 is 0.913 bits per heavy atom. The first kappa shape index (κ1) is 13.4. The van der Waals surface area contributed by atoms with Gasteiger partial charge in [0, 0.05) is 5.39 Å². The molecule has 4 rings (SSSR count). The predicted molar refractivity (Wildman–Crippen MR) is 88.2 cm³/mol. The van der Waals surface area contributed by atoms with Gasteiger partial charge in [-0.1, -0.05) is 35.5 Å². The van der Waals surface area contributed by atoms with Gasteiger partial charge < -0.3 is 5.32 Å². The molecule has 0 spiro atoms. The quantitative estimate of drug-likeness (QED) is 0.628. The molecule has 0 aliphatic heterocycles. The van der Waals surface area contributed by atoms with Crippen LogP contribution in [0.2, 0.25) is 0 Å². The largest absolute Gasteiger partial charge is 0.364 e. The van der Waals surface area contributed by atoms with Crippen molar-refractivity contribution in [2.24, 2.45) is 0 Å². The van der Waals surface area contributed by atoms with Crippen molar-refractivity contribution in [1.82, 2.24) is 25.0 Å². The second-order valence-electron chi connectivity index (χ2n) is 5.08. The number of benzene rings is 2. The second-order valence-corrected chi connectivity index (χ2v) is 5.08. The zero-order valence-electron chi connectivity index (χ0n) is 12.3. The minimum Gasteiger partial charge on any atom is -0.364 e. The number of fused-ring (bicyclic) bond motifs is 1. The average Bonchev–Trinajstić information content (AvgIpc) is 3.10. The Morgan fingerprint density at radius 3 is 2.65 bits per heavy atom. The first-order valence-electron chi connectivity index (χ1n) is 7.30. The van der Waals surface area contributed by atoms with Crippen LogP contribution in [0.5, 0.6) is 0 Å². The molecule has 0 fully saturated rings. The third-order valence-electron chi connectivity index (χ3n) is 3.54. The number of para-hydroxylation sites is 2. The number of nitrogens with zero attached hydrogens (tertiary/aromatic N) is 5. The van der Waals surface area contributed by atoms with Crippen LogP contribution in [0.1, 0.15) is 5.69 Å². The maximum Gasteiger partial charge on any atom is 0.137 e. The number of rotatable bonds is 4. The highest BCUT2D eigenvalue weighted by atomic mass is 15.4. The van der Waals surface area contributed by atoms with Crippen LogP contribution in [-0.2, 0) is 6.54 Å². The van der Waals surface area contributed by atoms with E-state index in [9.17, 15) is 0 Å². The SMILES string of the molecule is c1ccc(-n2cc(CNc3ncnc4ccccc34)nn2)cc1. The van der Waals surface area contributed by atoms with E-state index >= 15 is 0 Å². The molecule has 0 amide bonds. The summed E-state index contributed by atoms with van der Waals surface area (Å²) in [6, 6.07) is 17.8. The molecule has 0 saturated carbocycles. The minimum atomic E-state index is 0.549. The van der Waals surface area contributed by atoms with Gasteiger partial charge in [-0.3, -0.25) is 0 Å². The summed E-state index contributed by atoms with van der Waals surface area (Å²) in [7, 11) is 0. The summed E-state index contributed by atoms with van der Waals surface area (Å²) in [5, 5.41) is 12.6. The summed E-state index contributed by atoms with van der Waals surface area (Å²) in [5.41, 5.74) is 2.74. The van der Waals surface area contributed by atoms with Gasteiger partial charge in [0.2, 0.25) is 0 Å². The second kappa shape index (κ2) is 5.84. The molecular weight excluding hydrogens is 288 g/mol. The van der Waals surface area contributed by atoms with Gasteiger partial charge in [0.15, 0.2) is 0 Å². The van der Waals surface area contributed by atoms with Crippen LogP contribution in [0, 0.1) is 0 Å². The minimum absolute atomic E-state index is 0.549. The first-order valence-corrected chi connectivity index (χ1v) is 7.30. The molecule has 2 aromatic carbocycles. The molecular formula is C17H14N6. The predicted octanol–water partition coefficient (Wildman–Crippen LogP) is 2.82. The lowest BCUT2D eigenvalue weighted by molar-refractivity contribution is 0.798. The zero-order valence-corrected chi connectivity index (χ0v) is 12.3. The first-order chi connectivity index (χ1) is 11.4. The molecule has 6 nitrogen and oxygen atoms in total. The van der Waals surface area contributed by atoms with Crippen molar-refractivity contribution in [2.45, 2.75) is 6.54 Å². The van der Waals surface area contributed by atoms with Crippen LogP contribution in [0.3, 0.4) is 0 Å². The van der Waals surface area contributed by atoms with Gasteiger partial charge in [0.25, 0.3) is 0 Å². The summed E-state index contributed by atoms with van der Waals surface area (Å²) in [6.45, 7) is 0.549. The number of hydrogen-bond donors (Lipinski definition) is 1. The van der Waals surface area contributed by atoms with E-state index in [0.717, 1.165) is 28.1 Å². The molecule has 6 heteroatoms. The van der Waals surface area contributed by atoms with Crippen LogP contribution in [0.15, 0.2) is 67.1 Å². The van der Waals surface area contributed by atoms with Crippen molar-refractivity contribution in [3.63, 3.8) is 0 Å². The van der Waals surface area contributed by atoms with Crippen LogP contribution in [0.25, 0.3) is 16.6 Å². The van der Waals surface area contributed by atoms with Crippen molar-refractivity contribution >= 4 is 16.7 Å². The lowest BCUT2D eigenvalue weighted by atomic mass is 10.2. The molecule has 0 aliphatic carbocycles. The topological polar surface area (TPSA) is 68.5 Å². The van der Waals surface area contributed by atoms with E-state index in [1.54, 1.807) is 11.0 Å². The molecule has 0 radical (unpaired) electrons. The van der Waals surface area contributed by atoms with E-state index in [4.69, 9.17) is 0 Å². The number of nitrogens with one attached hydrogen (secondary N) is 1. The Balaban J connectivity index is 1.54. The van der Waals surface area contributed by atoms with Crippen molar-refractivity contribution in [1.29, 1.82) is 0 Å². The fraction of sp³-hybridized carbons (Fsp3) is 0.0588. The standard InChI is InChI=1S/C17H14N6/c1-2-6-14(7-3-1)23-11-13(21-22-23)10-18-17-15-8-4-5-9-16(15)19-12-20-17/h1-9,11-12H,10H2,(H,18,19,20). The molecule has 0 saturated heterocycles. The molecule has 1 N–H and O–H groups in total. The third kappa shape index (κ3) is 2.74. The lowest BCUT2D eigenvalue weighted by Crippen LogP contribution is -2.02. The molecule has 0 bridgehead atoms. The molecule has 4 aromatic rings. The Bertz CT molecular complexity index is 927. The van der Waals surface area contributed by atoms with Crippen molar-refractivity contribution in [3.05, 3.63) is 72.8 Å². The molecule has 0 atom stereocenters. The Hall–Kier alpha value is -3.28. The fourth-order valence-electron chi connectivity index (χ4n) is 2.41. The van der Waals surface area contributed by atoms with Gasteiger partial charge in [-0.2, -0.15) is 0 Å². The van der Waals surface area contributed by atoms with E-state index in [1.165, 1.54) is 0 Å². The summed E-state index contributed by atoms with van der Waals surface area (Å²) >= 11 is 0. The van der Waals surface area contributed by atoms with Crippen molar-refractivity contribution < 1.29 is 0 Å². The van der Waals surface area contributed by atoms with E-state index in [2.05, 4.69) is 25.6 Å². The Labute approximate surface area is 132 Å². The van der Waals surface area contributed by atoms with Gasteiger partial charge >= 0.3 is 0 Å². The summed E-state index contributed by atoms with van der Waals surface area (Å²) in [6.07, 6.45) is 3.47. The molecule has 23 heavy (non-hydrogen) atoms. The molecule has 0 unspecified atom stereocenters. The normalized spacial score (nSPS) is 10.8. The summed E-state index contributed by atoms with van der Waals surface area (Å²) < 4.78 is 1.76. The Kier molecular flexibility index (Phi) is 3.40. The van der Waals surface area contributed by atoms with Gasteiger partial charge in [-0.15, -0.1) is 5.10 Å². The molecule has 112 valence electrons. The zero-order chi connectivity index (χ0) is 15.5. The van der Waals surface area contributed by atoms with Crippen LogP contribution < -0.4 is 5.32 Å². The van der Waals surface area contributed by atoms with Crippen LogP contribution in [-0.4, -0.2) is 25.0 Å². The van der Waals surface area contributed by atoms with Gasteiger partial charge in [-0.05, 0) is 24.3 Å².